The molecule has 0 spiro atoms. The topological polar surface area (TPSA) is 33.2 Å². The van der Waals surface area contributed by atoms with Gasteiger partial charge in [0, 0.05) is 17.6 Å². The van der Waals surface area contributed by atoms with Crippen LogP contribution < -0.4 is 0 Å². The third kappa shape index (κ3) is 2.43. The minimum Gasteiger partial charge on any atom is -0.328 e. The first-order valence-electron chi connectivity index (χ1n) is 6.73. The van der Waals surface area contributed by atoms with E-state index in [1.807, 2.05) is 41.3 Å². The molecule has 0 atom stereocenters. The first-order chi connectivity index (χ1) is 9.79. The molecule has 1 aromatic carbocycles. The lowest BCUT2D eigenvalue weighted by Crippen LogP contribution is -2.25. The van der Waals surface area contributed by atoms with Gasteiger partial charge in [0.2, 0.25) is 0 Å². The molecule has 102 valence electrons. The maximum Gasteiger partial charge on any atom is 0.255 e. The largest absolute Gasteiger partial charge is 0.328 e. The van der Waals surface area contributed by atoms with Crippen molar-refractivity contribution in [3.05, 3.63) is 59.4 Å². The molecule has 0 bridgehead atoms. The molecule has 1 aromatic heterocycles. The molecule has 0 N–H and O–H groups in total. The van der Waals surface area contributed by atoms with Crippen LogP contribution in [0.15, 0.2) is 47.5 Å². The zero-order chi connectivity index (χ0) is 13.9. The maximum absolute atomic E-state index is 12.7. The molecule has 3 rings (SSSR count). The van der Waals surface area contributed by atoms with Gasteiger partial charge in [-0.05, 0) is 29.5 Å². The van der Waals surface area contributed by atoms with Crippen molar-refractivity contribution in [2.75, 3.05) is 5.75 Å². The molecule has 0 aliphatic carbocycles. The highest BCUT2D eigenvalue weighted by molar-refractivity contribution is 7.99. The quantitative estimate of drug-likeness (QED) is 0.810. The molecule has 0 fully saturated rings. The van der Waals surface area contributed by atoms with Gasteiger partial charge >= 0.3 is 0 Å². The predicted octanol–water partition coefficient (Wildman–Crippen LogP) is 3.35. The summed E-state index contributed by atoms with van der Waals surface area (Å²) in [5.74, 6) is 1.06. The molecule has 2 heterocycles. The van der Waals surface area contributed by atoms with Crippen LogP contribution in [-0.4, -0.2) is 21.5 Å². The molecule has 0 saturated heterocycles. The van der Waals surface area contributed by atoms with Crippen LogP contribution >= 0.6 is 11.8 Å². The van der Waals surface area contributed by atoms with Gasteiger partial charge < -0.3 is 4.90 Å². The molecule has 4 heteroatoms. The number of benzene rings is 1. The molecule has 2 aromatic rings. The van der Waals surface area contributed by atoms with Crippen molar-refractivity contribution in [3.8, 4) is 0 Å². The minimum absolute atomic E-state index is 0.0968. The summed E-state index contributed by atoms with van der Waals surface area (Å²) in [6, 6.07) is 11.8. The zero-order valence-electron chi connectivity index (χ0n) is 11.4. The molecule has 1 amide bonds. The number of thioether (sulfide) groups is 1. The lowest BCUT2D eigenvalue weighted by molar-refractivity contribution is 0.0747. The number of carbonyl (C=O) groups excluding carboxylic acids is 1. The van der Waals surface area contributed by atoms with Gasteiger partial charge in [0.05, 0.1) is 17.8 Å². The van der Waals surface area contributed by atoms with E-state index in [9.17, 15) is 4.79 Å². The Balaban J connectivity index is 1.85. The SMILES string of the molecule is CCSc1ccccc1C(=O)N1Cc2cccnc2C1. The van der Waals surface area contributed by atoms with E-state index < -0.39 is 0 Å². The van der Waals surface area contributed by atoms with E-state index in [-0.39, 0.29) is 5.91 Å². The third-order valence-electron chi connectivity index (χ3n) is 3.39. The maximum atomic E-state index is 12.7. The molecular weight excluding hydrogens is 268 g/mol. The van der Waals surface area contributed by atoms with Gasteiger partial charge in [-0.15, -0.1) is 11.8 Å². The fourth-order valence-corrected chi connectivity index (χ4v) is 3.24. The average molecular weight is 284 g/mol. The van der Waals surface area contributed by atoms with Crippen LogP contribution in [0, 0.1) is 0 Å². The van der Waals surface area contributed by atoms with Crippen LogP contribution in [0.4, 0.5) is 0 Å². The number of hydrogen-bond acceptors (Lipinski definition) is 3. The van der Waals surface area contributed by atoms with Gasteiger partial charge in [-0.1, -0.05) is 25.1 Å². The Morgan fingerprint density at radius 1 is 1.25 bits per heavy atom. The zero-order valence-corrected chi connectivity index (χ0v) is 12.2. The highest BCUT2D eigenvalue weighted by Gasteiger charge is 2.26. The Morgan fingerprint density at radius 3 is 2.90 bits per heavy atom. The van der Waals surface area contributed by atoms with Crippen molar-refractivity contribution < 1.29 is 4.79 Å². The second-order valence-corrected chi connectivity index (χ2v) is 6.01. The number of aromatic nitrogens is 1. The van der Waals surface area contributed by atoms with Gasteiger partial charge in [-0.25, -0.2) is 0 Å². The highest BCUT2D eigenvalue weighted by Crippen LogP contribution is 2.27. The fourth-order valence-electron chi connectivity index (χ4n) is 2.44. The van der Waals surface area contributed by atoms with Crippen molar-refractivity contribution in [1.82, 2.24) is 9.88 Å². The van der Waals surface area contributed by atoms with E-state index in [1.54, 1.807) is 18.0 Å². The summed E-state index contributed by atoms with van der Waals surface area (Å²) in [5.41, 5.74) is 2.97. The monoisotopic (exact) mass is 284 g/mol. The second-order valence-electron chi connectivity index (χ2n) is 4.70. The van der Waals surface area contributed by atoms with Crippen LogP contribution in [-0.2, 0) is 13.1 Å². The van der Waals surface area contributed by atoms with E-state index in [0.717, 1.165) is 27.5 Å². The van der Waals surface area contributed by atoms with Crippen molar-refractivity contribution in [2.45, 2.75) is 24.9 Å². The molecular formula is C16H16N2OS. The second kappa shape index (κ2) is 5.67. The van der Waals surface area contributed by atoms with Crippen molar-refractivity contribution in [1.29, 1.82) is 0 Å². The third-order valence-corrected chi connectivity index (χ3v) is 4.35. The van der Waals surface area contributed by atoms with E-state index in [2.05, 4.69) is 11.9 Å². The Morgan fingerprint density at radius 2 is 2.10 bits per heavy atom. The van der Waals surface area contributed by atoms with Gasteiger partial charge in [-0.3, -0.25) is 9.78 Å². The van der Waals surface area contributed by atoms with Crippen LogP contribution in [0.25, 0.3) is 0 Å². The molecule has 1 aliphatic heterocycles. The molecule has 0 unspecified atom stereocenters. The summed E-state index contributed by atoms with van der Waals surface area (Å²) in [6.07, 6.45) is 1.79. The molecule has 1 aliphatic rings. The van der Waals surface area contributed by atoms with E-state index in [1.165, 1.54) is 0 Å². The molecule has 0 radical (unpaired) electrons. The molecule has 3 nitrogen and oxygen atoms in total. The van der Waals surface area contributed by atoms with Crippen molar-refractivity contribution in [3.63, 3.8) is 0 Å². The fraction of sp³-hybridized carbons (Fsp3) is 0.250. The van der Waals surface area contributed by atoms with Crippen molar-refractivity contribution in [2.24, 2.45) is 0 Å². The first kappa shape index (κ1) is 13.2. The predicted molar refractivity (Wildman–Crippen MR) is 80.7 cm³/mol. The Hall–Kier alpha value is -1.81. The summed E-state index contributed by atoms with van der Waals surface area (Å²) < 4.78 is 0. The number of amides is 1. The van der Waals surface area contributed by atoms with Crippen LogP contribution in [0.5, 0.6) is 0 Å². The highest BCUT2D eigenvalue weighted by atomic mass is 32.2. The van der Waals surface area contributed by atoms with Gasteiger partial charge in [0.1, 0.15) is 0 Å². The Bertz CT molecular complexity index is 617. The number of hydrogen-bond donors (Lipinski definition) is 0. The Kier molecular flexibility index (Phi) is 3.74. The Labute approximate surface area is 123 Å². The number of nitrogens with zero attached hydrogens (tertiary/aromatic N) is 2. The normalized spacial score (nSPS) is 13.3. The standard InChI is InChI=1S/C16H16N2OS/c1-2-20-15-8-4-3-7-13(15)16(19)18-10-12-6-5-9-17-14(12)11-18/h3-9H,2,10-11H2,1H3. The smallest absolute Gasteiger partial charge is 0.255 e. The summed E-state index contributed by atoms with van der Waals surface area (Å²) >= 11 is 1.71. The minimum atomic E-state index is 0.0968. The van der Waals surface area contributed by atoms with Gasteiger partial charge in [0.25, 0.3) is 5.91 Å². The number of carbonyl (C=O) groups is 1. The molecule has 0 saturated carbocycles. The summed E-state index contributed by atoms with van der Waals surface area (Å²) in [7, 11) is 0. The van der Waals surface area contributed by atoms with Crippen LogP contribution in [0.1, 0.15) is 28.5 Å². The number of rotatable bonds is 3. The summed E-state index contributed by atoms with van der Waals surface area (Å²) in [4.78, 5) is 20.0. The van der Waals surface area contributed by atoms with E-state index in [0.29, 0.717) is 13.1 Å². The van der Waals surface area contributed by atoms with Gasteiger partial charge in [-0.2, -0.15) is 0 Å². The lowest BCUT2D eigenvalue weighted by atomic mass is 10.2. The number of fused-ring (bicyclic) bond motifs is 1. The van der Waals surface area contributed by atoms with Crippen LogP contribution in [0.2, 0.25) is 0 Å². The first-order valence-corrected chi connectivity index (χ1v) is 7.72. The number of pyridine rings is 1. The average Bonchev–Trinajstić information content (AvgIpc) is 2.91. The summed E-state index contributed by atoms with van der Waals surface area (Å²) in [6.45, 7) is 3.37. The van der Waals surface area contributed by atoms with Crippen molar-refractivity contribution >= 4 is 17.7 Å². The van der Waals surface area contributed by atoms with E-state index in [4.69, 9.17) is 0 Å². The summed E-state index contributed by atoms with van der Waals surface area (Å²) in [5, 5.41) is 0. The lowest BCUT2D eigenvalue weighted by Gasteiger charge is -2.17. The van der Waals surface area contributed by atoms with Crippen LogP contribution in [0.3, 0.4) is 0 Å². The molecule has 20 heavy (non-hydrogen) atoms. The van der Waals surface area contributed by atoms with E-state index >= 15 is 0 Å². The van der Waals surface area contributed by atoms with Gasteiger partial charge in [0.15, 0.2) is 0 Å².